The molecular formula is C13H11F3N2S. The summed E-state index contributed by atoms with van der Waals surface area (Å²) in [6.45, 7) is 0. The van der Waals surface area contributed by atoms with Crippen LogP contribution in [-0.2, 0) is 6.18 Å². The molecule has 0 heterocycles. The Morgan fingerprint density at radius 2 is 1.58 bits per heavy atom. The van der Waals surface area contributed by atoms with Crippen molar-refractivity contribution < 1.29 is 13.2 Å². The highest BCUT2D eigenvalue weighted by Crippen LogP contribution is 2.40. The SMILES string of the molecule is Nc1cccc(Sc2ccc(N)cc2C(F)(F)F)c1. The zero-order valence-electron chi connectivity index (χ0n) is 9.74. The highest BCUT2D eigenvalue weighted by Gasteiger charge is 2.33. The molecular weight excluding hydrogens is 273 g/mol. The monoisotopic (exact) mass is 284 g/mol. The number of rotatable bonds is 2. The Balaban J connectivity index is 2.40. The summed E-state index contributed by atoms with van der Waals surface area (Å²) in [7, 11) is 0. The minimum atomic E-state index is -4.43. The first-order valence-corrected chi connectivity index (χ1v) is 6.18. The lowest BCUT2D eigenvalue weighted by Gasteiger charge is -2.13. The first-order chi connectivity index (χ1) is 8.86. The summed E-state index contributed by atoms with van der Waals surface area (Å²) in [5.74, 6) is 0. The van der Waals surface area contributed by atoms with Crippen LogP contribution in [0.3, 0.4) is 0 Å². The number of anilines is 2. The molecule has 0 aromatic heterocycles. The lowest BCUT2D eigenvalue weighted by atomic mass is 10.2. The summed E-state index contributed by atoms with van der Waals surface area (Å²) in [5, 5.41) is 0. The zero-order valence-corrected chi connectivity index (χ0v) is 10.6. The summed E-state index contributed by atoms with van der Waals surface area (Å²) in [4.78, 5) is 0.752. The average molecular weight is 284 g/mol. The van der Waals surface area contributed by atoms with E-state index in [0.29, 0.717) is 10.6 Å². The molecule has 0 amide bonds. The van der Waals surface area contributed by atoms with Gasteiger partial charge in [-0.2, -0.15) is 13.2 Å². The van der Waals surface area contributed by atoms with Crippen molar-refractivity contribution >= 4 is 23.1 Å². The van der Waals surface area contributed by atoms with Gasteiger partial charge in [0.05, 0.1) is 5.56 Å². The second-order valence-corrected chi connectivity index (χ2v) is 5.04. The molecule has 2 nitrogen and oxygen atoms in total. The van der Waals surface area contributed by atoms with Gasteiger partial charge in [0.25, 0.3) is 0 Å². The minimum Gasteiger partial charge on any atom is -0.399 e. The second-order valence-electron chi connectivity index (χ2n) is 3.93. The average Bonchev–Trinajstić information content (AvgIpc) is 2.30. The number of nitrogens with two attached hydrogens (primary N) is 2. The van der Waals surface area contributed by atoms with Crippen LogP contribution in [0.25, 0.3) is 0 Å². The molecule has 0 unspecified atom stereocenters. The van der Waals surface area contributed by atoms with Crippen molar-refractivity contribution in [3.05, 3.63) is 48.0 Å². The van der Waals surface area contributed by atoms with Gasteiger partial charge < -0.3 is 11.5 Å². The molecule has 0 saturated heterocycles. The molecule has 0 bridgehead atoms. The molecule has 0 aliphatic rings. The van der Waals surface area contributed by atoms with Crippen molar-refractivity contribution in [2.75, 3.05) is 11.5 Å². The topological polar surface area (TPSA) is 52.0 Å². The fourth-order valence-electron chi connectivity index (χ4n) is 1.56. The third kappa shape index (κ3) is 3.35. The Morgan fingerprint density at radius 3 is 2.21 bits per heavy atom. The lowest BCUT2D eigenvalue weighted by Crippen LogP contribution is -2.07. The first-order valence-electron chi connectivity index (χ1n) is 5.36. The van der Waals surface area contributed by atoms with E-state index in [1.165, 1.54) is 12.1 Å². The third-order valence-electron chi connectivity index (χ3n) is 2.39. The summed E-state index contributed by atoms with van der Waals surface area (Å²) >= 11 is 1.01. The normalized spacial score (nSPS) is 11.5. The van der Waals surface area contributed by atoms with E-state index in [-0.39, 0.29) is 10.6 Å². The Kier molecular flexibility index (Phi) is 3.61. The summed E-state index contributed by atoms with van der Waals surface area (Å²) in [5.41, 5.74) is 10.9. The van der Waals surface area contributed by atoms with Gasteiger partial charge in [0.15, 0.2) is 0 Å². The quantitative estimate of drug-likeness (QED) is 0.819. The van der Waals surface area contributed by atoms with Crippen LogP contribution in [0, 0.1) is 0 Å². The van der Waals surface area contributed by atoms with Gasteiger partial charge in [-0.05, 0) is 36.4 Å². The van der Waals surface area contributed by atoms with E-state index in [0.717, 1.165) is 17.8 Å². The molecule has 0 aliphatic carbocycles. The number of alkyl halides is 3. The van der Waals surface area contributed by atoms with Crippen molar-refractivity contribution in [1.82, 2.24) is 0 Å². The van der Waals surface area contributed by atoms with E-state index in [4.69, 9.17) is 11.5 Å². The predicted octanol–water partition coefficient (Wildman–Crippen LogP) is 4.02. The van der Waals surface area contributed by atoms with Gasteiger partial charge in [-0.25, -0.2) is 0 Å². The van der Waals surface area contributed by atoms with Crippen LogP contribution in [0.2, 0.25) is 0 Å². The minimum absolute atomic E-state index is 0.0873. The molecule has 19 heavy (non-hydrogen) atoms. The molecule has 100 valence electrons. The maximum absolute atomic E-state index is 12.9. The summed E-state index contributed by atoms with van der Waals surface area (Å²) in [6.07, 6.45) is -4.43. The van der Waals surface area contributed by atoms with Crippen LogP contribution in [0.15, 0.2) is 52.3 Å². The molecule has 0 fully saturated rings. The molecule has 4 N–H and O–H groups in total. The smallest absolute Gasteiger partial charge is 0.399 e. The maximum Gasteiger partial charge on any atom is 0.417 e. The molecule has 6 heteroatoms. The fourth-order valence-corrected chi connectivity index (χ4v) is 2.58. The molecule has 0 saturated carbocycles. The van der Waals surface area contributed by atoms with Gasteiger partial charge in [-0.1, -0.05) is 17.8 Å². The van der Waals surface area contributed by atoms with Crippen molar-refractivity contribution in [3.8, 4) is 0 Å². The standard InChI is InChI=1S/C13H11F3N2S/c14-13(15,16)11-7-9(18)4-5-12(11)19-10-3-1-2-8(17)6-10/h1-7H,17-18H2. The van der Waals surface area contributed by atoms with Gasteiger partial charge >= 0.3 is 6.18 Å². The molecule has 0 aliphatic heterocycles. The van der Waals surface area contributed by atoms with Crippen LogP contribution in [0.4, 0.5) is 24.5 Å². The molecule has 2 aromatic carbocycles. The Hall–Kier alpha value is -1.82. The highest BCUT2D eigenvalue weighted by atomic mass is 32.2. The van der Waals surface area contributed by atoms with Gasteiger partial charge in [0.2, 0.25) is 0 Å². The Morgan fingerprint density at radius 1 is 0.895 bits per heavy atom. The van der Waals surface area contributed by atoms with Crippen molar-refractivity contribution in [2.45, 2.75) is 16.0 Å². The van der Waals surface area contributed by atoms with Crippen molar-refractivity contribution in [3.63, 3.8) is 0 Å². The predicted molar refractivity (Wildman–Crippen MR) is 70.8 cm³/mol. The summed E-state index contributed by atoms with van der Waals surface area (Å²) in [6, 6.07) is 10.5. The van der Waals surface area contributed by atoms with E-state index in [1.54, 1.807) is 24.3 Å². The van der Waals surface area contributed by atoms with Crippen LogP contribution in [-0.4, -0.2) is 0 Å². The van der Waals surface area contributed by atoms with Crippen LogP contribution >= 0.6 is 11.8 Å². The lowest BCUT2D eigenvalue weighted by molar-refractivity contribution is -0.139. The molecule has 0 spiro atoms. The first kappa shape index (κ1) is 13.6. The maximum atomic E-state index is 12.9. The zero-order chi connectivity index (χ0) is 14.0. The van der Waals surface area contributed by atoms with Crippen LogP contribution in [0.1, 0.15) is 5.56 Å². The molecule has 2 rings (SSSR count). The van der Waals surface area contributed by atoms with Gasteiger partial charge in [0, 0.05) is 21.2 Å². The molecule has 0 atom stereocenters. The van der Waals surface area contributed by atoms with E-state index in [1.807, 2.05) is 0 Å². The van der Waals surface area contributed by atoms with Crippen molar-refractivity contribution in [2.24, 2.45) is 0 Å². The number of hydrogen-bond donors (Lipinski definition) is 2. The highest BCUT2D eigenvalue weighted by molar-refractivity contribution is 7.99. The molecule has 0 radical (unpaired) electrons. The largest absolute Gasteiger partial charge is 0.417 e. The number of benzene rings is 2. The van der Waals surface area contributed by atoms with Gasteiger partial charge in [0.1, 0.15) is 0 Å². The Bertz CT molecular complexity index is 597. The van der Waals surface area contributed by atoms with Gasteiger partial charge in [-0.15, -0.1) is 0 Å². The molecule has 2 aromatic rings. The number of hydrogen-bond acceptors (Lipinski definition) is 3. The fraction of sp³-hybridized carbons (Fsp3) is 0.0769. The van der Waals surface area contributed by atoms with E-state index in [2.05, 4.69) is 0 Å². The van der Waals surface area contributed by atoms with E-state index >= 15 is 0 Å². The second kappa shape index (κ2) is 5.05. The number of nitrogen functional groups attached to an aromatic ring is 2. The van der Waals surface area contributed by atoms with E-state index < -0.39 is 11.7 Å². The van der Waals surface area contributed by atoms with Crippen LogP contribution in [0.5, 0.6) is 0 Å². The van der Waals surface area contributed by atoms with E-state index in [9.17, 15) is 13.2 Å². The summed E-state index contributed by atoms with van der Waals surface area (Å²) < 4.78 is 38.8. The third-order valence-corrected chi connectivity index (χ3v) is 3.46. The van der Waals surface area contributed by atoms with Gasteiger partial charge in [-0.3, -0.25) is 0 Å². The van der Waals surface area contributed by atoms with Crippen molar-refractivity contribution in [1.29, 1.82) is 0 Å². The Labute approximate surface area is 112 Å². The van der Waals surface area contributed by atoms with Crippen LogP contribution < -0.4 is 11.5 Å². The number of halogens is 3.